The molecule has 0 saturated heterocycles. The molecule has 7 nitrogen and oxygen atoms in total. The summed E-state index contributed by atoms with van der Waals surface area (Å²) < 4.78 is 35.6. The Morgan fingerprint density at radius 1 is 1.14 bits per heavy atom. The molecule has 2 aromatic carbocycles. The molecule has 0 bridgehead atoms. The number of ketones is 1. The van der Waals surface area contributed by atoms with Crippen molar-refractivity contribution in [3.8, 4) is 5.75 Å². The molecule has 2 aliphatic heterocycles. The van der Waals surface area contributed by atoms with Crippen LogP contribution in [0.1, 0.15) is 40.1 Å². The quantitative estimate of drug-likeness (QED) is 0.437. The maximum atomic E-state index is 15.0. The van der Waals surface area contributed by atoms with E-state index < -0.39 is 46.5 Å². The second-order valence-electron chi connectivity index (χ2n) is 8.17. The van der Waals surface area contributed by atoms with Gasteiger partial charge in [0, 0.05) is 28.5 Å². The first-order valence-electron chi connectivity index (χ1n) is 10.9. The van der Waals surface area contributed by atoms with E-state index >= 15 is 0 Å². The number of nitrogens with zero attached hydrogens (tertiary/aromatic N) is 2. The topological polar surface area (TPSA) is 88.8 Å². The summed E-state index contributed by atoms with van der Waals surface area (Å²) in [6.07, 6.45) is 1.33. The van der Waals surface area contributed by atoms with E-state index in [-0.39, 0.29) is 30.2 Å². The molecule has 0 saturated carbocycles. The average Bonchev–Trinajstić information content (AvgIpc) is 3.01. The molecule has 1 N–H and O–H groups in total. The first kappa shape index (κ1) is 23.1. The zero-order chi connectivity index (χ0) is 24.9. The van der Waals surface area contributed by atoms with Gasteiger partial charge in [0.1, 0.15) is 5.92 Å². The molecule has 0 amide bonds. The third kappa shape index (κ3) is 3.68. The number of esters is 1. The predicted octanol–water partition coefficient (Wildman–Crippen LogP) is 3.54. The minimum absolute atomic E-state index is 0.0341. The number of hydrogen-bond donors (Lipinski definition) is 1. The average molecular weight is 499 g/mol. The van der Waals surface area contributed by atoms with Crippen molar-refractivity contribution in [1.29, 1.82) is 0 Å². The smallest absolute Gasteiger partial charge is 0.318 e. The summed E-state index contributed by atoms with van der Waals surface area (Å²) in [4.78, 5) is 39.0. The monoisotopic (exact) mass is 498 g/mol. The Labute approximate surface area is 202 Å². The highest BCUT2D eigenvalue weighted by Gasteiger charge is 2.43. The first-order chi connectivity index (χ1) is 16.8. The number of hydrogen-bond acceptors (Lipinski definition) is 7. The molecule has 3 aromatic rings. The Bertz CT molecular complexity index is 1420. The van der Waals surface area contributed by atoms with E-state index in [2.05, 4.69) is 0 Å². The lowest BCUT2D eigenvalue weighted by atomic mass is 9.91. The third-order valence-corrected chi connectivity index (χ3v) is 7.35. The molecule has 2 atom stereocenters. The number of ether oxygens (including phenoxy) is 1. The summed E-state index contributed by atoms with van der Waals surface area (Å²) >= 11 is 1.34. The van der Waals surface area contributed by atoms with Crippen LogP contribution in [-0.4, -0.2) is 34.7 Å². The van der Waals surface area contributed by atoms with Gasteiger partial charge in [-0.05, 0) is 30.2 Å². The molecule has 0 aliphatic carbocycles. The second-order valence-corrected chi connectivity index (χ2v) is 9.19. The normalized spacial score (nSPS) is 18.8. The molecule has 3 heterocycles. The number of fused-ring (bicyclic) bond motifs is 3. The lowest BCUT2D eigenvalue weighted by Gasteiger charge is -2.42. The Kier molecular flexibility index (Phi) is 5.84. The molecule has 0 spiro atoms. The number of thioether (sulfide) groups is 1. The summed E-state index contributed by atoms with van der Waals surface area (Å²) in [7, 11) is 0. The highest BCUT2D eigenvalue weighted by Crippen LogP contribution is 2.44. The van der Waals surface area contributed by atoms with E-state index in [1.807, 2.05) is 18.2 Å². The summed E-state index contributed by atoms with van der Waals surface area (Å²) in [5.41, 5.74) is 0.207. The van der Waals surface area contributed by atoms with E-state index in [0.717, 1.165) is 22.6 Å². The van der Waals surface area contributed by atoms with Gasteiger partial charge in [0.25, 0.3) is 0 Å². The van der Waals surface area contributed by atoms with Crippen molar-refractivity contribution < 1.29 is 28.2 Å². The van der Waals surface area contributed by atoms with Gasteiger partial charge in [-0.3, -0.25) is 24.1 Å². The highest BCUT2D eigenvalue weighted by atomic mass is 32.2. The van der Waals surface area contributed by atoms with Gasteiger partial charge < -0.3 is 9.84 Å². The fourth-order valence-corrected chi connectivity index (χ4v) is 5.74. The Balaban J connectivity index is 1.79. The number of carbonyl (C=O) groups excluding carboxylic acids is 2. The highest BCUT2D eigenvalue weighted by molar-refractivity contribution is 7.98. The number of aromatic nitrogens is 1. The van der Waals surface area contributed by atoms with Gasteiger partial charge in [-0.2, -0.15) is 0 Å². The van der Waals surface area contributed by atoms with Crippen LogP contribution in [0.5, 0.6) is 5.75 Å². The summed E-state index contributed by atoms with van der Waals surface area (Å²) in [6.45, 7) is 1.47. The minimum Gasteiger partial charge on any atom is -0.503 e. The third-order valence-electron chi connectivity index (χ3n) is 6.23. The number of rotatable bonds is 3. The van der Waals surface area contributed by atoms with E-state index in [1.165, 1.54) is 28.7 Å². The molecular formula is C25H20F2N2O5S. The molecular weight excluding hydrogens is 478 g/mol. The SMILES string of the molecule is CCOC(=O)C1CN(C2c3ccccc3SCc3c2ccc(F)c3F)n2ccc(=O)c(O)c2C1=O. The van der Waals surface area contributed by atoms with E-state index in [1.54, 1.807) is 18.0 Å². The first-order valence-corrected chi connectivity index (χ1v) is 11.9. The number of Topliss-reactive ketones (excluding diaryl/α,β-unsaturated/α-hetero) is 1. The number of pyridine rings is 1. The number of carbonyl (C=O) groups is 2. The van der Waals surface area contributed by atoms with Crippen LogP contribution in [0.3, 0.4) is 0 Å². The van der Waals surface area contributed by atoms with Crippen molar-refractivity contribution in [1.82, 2.24) is 4.68 Å². The molecule has 10 heteroatoms. The Morgan fingerprint density at radius 2 is 1.91 bits per heavy atom. The van der Waals surface area contributed by atoms with Crippen LogP contribution in [0.15, 0.2) is 58.4 Å². The van der Waals surface area contributed by atoms with Gasteiger partial charge in [0.15, 0.2) is 23.1 Å². The maximum Gasteiger partial charge on any atom is 0.318 e. The van der Waals surface area contributed by atoms with Crippen molar-refractivity contribution >= 4 is 23.5 Å². The van der Waals surface area contributed by atoms with Crippen LogP contribution >= 0.6 is 11.8 Å². The van der Waals surface area contributed by atoms with Crippen LogP contribution < -0.4 is 10.4 Å². The van der Waals surface area contributed by atoms with Gasteiger partial charge in [0.05, 0.1) is 19.2 Å². The van der Waals surface area contributed by atoms with Crippen molar-refractivity contribution in [3.05, 3.63) is 92.9 Å². The molecule has 1 aromatic heterocycles. The molecule has 5 rings (SSSR count). The zero-order valence-electron chi connectivity index (χ0n) is 18.5. The van der Waals surface area contributed by atoms with Crippen LogP contribution in [0.25, 0.3) is 0 Å². The molecule has 180 valence electrons. The fourth-order valence-electron chi connectivity index (χ4n) is 4.62. The lowest BCUT2D eigenvalue weighted by Crippen LogP contribution is -2.53. The summed E-state index contributed by atoms with van der Waals surface area (Å²) in [5.74, 6) is -5.46. The van der Waals surface area contributed by atoms with Gasteiger partial charge in [-0.25, -0.2) is 8.78 Å². The predicted molar refractivity (Wildman–Crippen MR) is 124 cm³/mol. The number of halogens is 2. The van der Waals surface area contributed by atoms with E-state index in [4.69, 9.17) is 4.74 Å². The Morgan fingerprint density at radius 3 is 2.69 bits per heavy atom. The molecule has 2 unspecified atom stereocenters. The van der Waals surface area contributed by atoms with Crippen LogP contribution in [0, 0.1) is 17.6 Å². The van der Waals surface area contributed by atoms with Gasteiger partial charge in [0.2, 0.25) is 11.2 Å². The molecule has 2 aliphatic rings. The maximum absolute atomic E-state index is 15.0. The van der Waals surface area contributed by atoms with Crippen molar-refractivity contribution in [2.75, 3.05) is 18.2 Å². The van der Waals surface area contributed by atoms with Crippen LogP contribution in [0.4, 0.5) is 8.78 Å². The van der Waals surface area contributed by atoms with Gasteiger partial charge in [-0.15, -0.1) is 11.8 Å². The standard InChI is InChI=1S/C25H20F2N2O5S/c1-2-34-25(33)15-11-29(28-10-9-18(30)24(32)22(28)23(15)31)21-13-7-8-17(26)20(27)16(13)12-35-19-6-4-3-5-14(19)21/h3-10,15,21,32H,2,11-12H2,1H3. The van der Waals surface area contributed by atoms with Gasteiger partial charge >= 0.3 is 5.97 Å². The summed E-state index contributed by atoms with van der Waals surface area (Å²) in [5, 5.41) is 12.1. The second kappa shape index (κ2) is 8.84. The van der Waals surface area contributed by atoms with E-state index in [9.17, 15) is 28.3 Å². The van der Waals surface area contributed by atoms with Gasteiger partial charge in [-0.1, -0.05) is 24.3 Å². The zero-order valence-corrected chi connectivity index (χ0v) is 19.4. The molecule has 0 radical (unpaired) electrons. The minimum atomic E-state index is -1.33. The van der Waals surface area contributed by atoms with Crippen molar-refractivity contribution in [2.24, 2.45) is 5.92 Å². The van der Waals surface area contributed by atoms with E-state index in [0.29, 0.717) is 5.56 Å². The van der Waals surface area contributed by atoms with Crippen molar-refractivity contribution in [2.45, 2.75) is 23.6 Å². The van der Waals surface area contributed by atoms with Crippen molar-refractivity contribution in [3.63, 3.8) is 0 Å². The molecule has 35 heavy (non-hydrogen) atoms. The van der Waals surface area contributed by atoms with Crippen LogP contribution in [-0.2, 0) is 15.3 Å². The summed E-state index contributed by atoms with van der Waals surface area (Å²) in [6, 6.07) is 10.2. The largest absolute Gasteiger partial charge is 0.503 e. The number of aromatic hydroxyl groups is 1. The Hall–Kier alpha value is -3.66. The molecule has 0 fully saturated rings. The lowest BCUT2D eigenvalue weighted by molar-refractivity contribution is -0.146. The fraction of sp³-hybridized carbons (Fsp3) is 0.240. The van der Waals surface area contributed by atoms with Crippen LogP contribution in [0.2, 0.25) is 0 Å². The number of benzene rings is 2.